The van der Waals surface area contributed by atoms with Gasteiger partial charge in [0.15, 0.2) is 0 Å². The smallest absolute Gasteiger partial charge is 0.258 e. The summed E-state index contributed by atoms with van der Waals surface area (Å²) >= 11 is 0. The monoisotopic (exact) mass is 243 g/mol. The summed E-state index contributed by atoms with van der Waals surface area (Å²) in [5, 5.41) is 0. The molecular formula is C15H14FNO. The van der Waals surface area contributed by atoms with E-state index < -0.39 is 0 Å². The van der Waals surface area contributed by atoms with E-state index in [4.69, 9.17) is 0 Å². The number of carbonyl (C=O) groups is 1. The molecule has 1 amide bonds. The van der Waals surface area contributed by atoms with Crippen molar-refractivity contribution in [2.45, 2.75) is 6.92 Å². The van der Waals surface area contributed by atoms with Crippen molar-refractivity contribution < 1.29 is 9.18 Å². The summed E-state index contributed by atoms with van der Waals surface area (Å²) in [6.07, 6.45) is 0. The lowest BCUT2D eigenvalue weighted by molar-refractivity contribution is 0.0987. The molecule has 2 aromatic carbocycles. The van der Waals surface area contributed by atoms with Crippen LogP contribution in [0.15, 0.2) is 54.6 Å². The van der Waals surface area contributed by atoms with E-state index in [-0.39, 0.29) is 11.7 Å². The van der Waals surface area contributed by atoms with E-state index in [0.717, 1.165) is 0 Å². The predicted molar refractivity (Wildman–Crippen MR) is 70.2 cm³/mol. The molecule has 0 radical (unpaired) electrons. The number of hydrogen-bond acceptors (Lipinski definition) is 1. The summed E-state index contributed by atoms with van der Waals surface area (Å²) in [5.74, 6) is -0.577. The number of hydrogen-bond donors (Lipinski definition) is 0. The second-order valence-electron chi connectivity index (χ2n) is 3.87. The molecule has 2 aromatic rings. The minimum atomic E-state index is -0.386. The second-order valence-corrected chi connectivity index (χ2v) is 3.87. The molecule has 0 aliphatic rings. The third-order valence-corrected chi connectivity index (χ3v) is 2.73. The Hall–Kier alpha value is -2.16. The average molecular weight is 243 g/mol. The van der Waals surface area contributed by atoms with Gasteiger partial charge in [0.05, 0.1) is 5.69 Å². The summed E-state index contributed by atoms with van der Waals surface area (Å²) in [4.78, 5) is 13.7. The summed E-state index contributed by atoms with van der Waals surface area (Å²) in [6.45, 7) is 2.25. The molecule has 0 atom stereocenters. The molecule has 0 N–H and O–H groups in total. The van der Waals surface area contributed by atoms with E-state index in [1.165, 1.54) is 11.0 Å². The summed E-state index contributed by atoms with van der Waals surface area (Å²) < 4.78 is 13.7. The van der Waals surface area contributed by atoms with Crippen molar-refractivity contribution in [2.75, 3.05) is 11.4 Å². The van der Waals surface area contributed by atoms with Gasteiger partial charge in [0.1, 0.15) is 5.82 Å². The first-order valence-electron chi connectivity index (χ1n) is 5.85. The van der Waals surface area contributed by atoms with Gasteiger partial charge in [-0.1, -0.05) is 30.3 Å². The number of anilines is 1. The minimum absolute atomic E-state index is 0.191. The average Bonchev–Trinajstić information content (AvgIpc) is 2.42. The van der Waals surface area contributed by atoms with Gasteiger partial charge in [0, 0.05) is 12.1 Å². The van der Waals surface area contributed by atoms with Crippen molar-refractivity contribution in [3.63, 3.8) is 0 Å². The topological polar surface area (TPSA) is 20.3 Å². The summed E-state index contributed by atoms with van der Waals surface area (Å²) in [5.41, 5.74) is 0.872. The van der Waals surface area contributed by atoms with Crippen molar-refractivity contribution >= 4 is 11.6 Å². The van der Waals surface area contributed by atoms with Crippen LogP contribution in [-0.4, -0.2) is 12.5 Å². The van der Waals surface area contributed by atoms with Crippen molar-refractivity contribution in [2.24, 2.45) is 0 Å². The van der Waals surface area contributed by atoms with Gasteiger partial charge in [-0.15, -0.1) is 0 Å². The van der Waals surface area contributed by atoms with Gasteiger partial charge in [-0.2, -0.15) is 0 Å². The fourth-order valence-electron chi connectivity index (χ4n) is 1.83. The Balaban J connectivity index is 2.36. The molecule has 92 valence electrons. The van der Waals surface area contributed by atoms with Crippen molar-refractivity contribution in [1.29, 1.82) is 0 Å². The lowest BCUT2D eigenvalue weighted by Gasteiger charge is -2.21. The van der Waals surface area contributed by atoms with Crippen molar-refractivity contribution in [1.82, 2.24) is 0 Å². The maximum atomic E-state index is 13.7. The molecular weight excluding hydrogens is 229 g/mol. The number of benzene rings is 2. The Labute approximate surface area is 106 Å². The zero-order valence-corrected chi connectivity index (χ0v) is 10.1. The Morgan fingerprint density at radius 1 is 1.06 bits per heavy atom. The van der Waals surface area contributed by atoms with Crippen LogP contribution >= 0.6 is 0 Å². The Morgan fingerprint density at radius 3 is 2.28 bits per heavy atom. The lowest BCUT2D eigenvalue weighted by atomic mass is 10.2. The van der Waals surface area contributed by atoms with E-state index in [2.05, 4.69) is 0 Å². The maximum Gasteiger partial charge on any atom is 0.258 e. The van der Waals surface area contributed by atoms with E-state index in [1.807, 2.05) is 13.0 Å². The van der Waals surface area contributed by atoms with Gasteiger partial charge < -0.3 is 4.90 Å². The molecule has 0 aliphatic heterocycles. The van der Waals surface area contributed by atoms with Crippen LogP contribution in [0, 0.1) is 5.82 Å². The van der Waals surface area contributed by atoms with E-state index in [9.17, 15) is 9.18 Å². The minimum Gasteiger partial charge on any atom is -0.306 e. The van der Waals surface area contributed by atoms with Gasteiger partial charge in [0.2, 0.25) is 0 Å². The first-order valence-corrected chi connectivity index (χ1v) is 5.85. The quantitative estimate of drug-likeness (QED) is 0.808. The number of carbonyl (C=O) groups excluding carboxylic acids is 1. The third-order valence-electron chi connectivity index (χ3n) is 2.73. The van der Waals surface area contributed by atoms with E-state index in [0.29, 0.717) is 17.8 Å². The number of nitrogens with zero attached hydrogens (tertiary/aromatic N) is 1. The van der Waals surface area contributed by atoms with Gasteiger partial charge in [0.25, 0.3) is 5.91 Å². The number of amides is 1. The Morgan fingerprint density at radius 2 is 1.67 bits per heavy atom. The van der Waals surface area contributed by atoms with E-state index in [1.54, 1.807) is 42.5 Å². The standard InChI is InChI=1S/C15H14FNO/c1-2-17(14-11-7-6-10-13(14)16)15(18)12-8-4-3-5-9-12/h3-11H,2H2,1H3. The van der Waals surface area contributed by atoms with Crippen LogP contribution < -0.4 is 4.90 Å². The van der Waals surface area contributed by atoms with Gasteiger partial charge in [-0.25, -0.2) is 4.39 Å². The van der Waals surface area contributed by atoms with Crippen LogP contribution in [0.4, 0.5) is 10.1 Å². The molecule has 0 heterocycles. The molecule has 0 bridgehead atoms. The molecule has 2 rings (SSSR count). The predicted octanol–water partition coefficient (Wildman–Crippen LogP) is 3.49. The molecule has 0 fully saturated rings. The molecule has 18 heavy (non-hydrogen) atoms. The van der Waals surface area contributed by atoms with Gasteiger partial charge in [-0.3, -0.25) is 4.79 Å². The molecule has 0 saturated heterocycles. The fourth-order valence-corrected chi connectivity index (χ4v) is 1.83. The fraction of sp³-hybridized carbons (Fsp3) is 0.133. The van der Waals surface area contributed by atoms with Crippen LogP contribution in [0.2, 0.25) is 0 Å². The van der Waals surface area contributed by atoms with Crippen LogP contribution in [0.25, 0.3) is 0 Å². The van der Waals surface area contributed by atoms with Crippen LogP contribution in [0.1, 0.15) is 17.3 Å². The lowest BCUT2D eigenvalue weighted by Crippen LogP contribution is -2.31. The Kier molecular flexibility index (Phi) is 3.72. The highest BCUT2D eigenvalue weighted by molar-refractivity contribution is 6.06. The summed E-state index contributed by atoms with van der Waals surface area (Å²) in [6, 6.07) is 15.2. The molecule has 0 spiro atoms. The first kappa shape index (κ1) is 12.3. The highest BCUT2D eigenvalue weighted by atomic mass is 19.1. The molecule has 3 heteroatoms. The normalized spacial score (nSPS) is 10.1. The SMILES string of the molecule is CCN(C(=O)c1ccccc1)c1ccccc1F. The Bertz CT molecular complexity index is 539. The second kappa shape index (κ2) is 5.45. The maximum absolute atomic E-state index is 13.7. The summed E-state index contributed by atoms with van der Waals surface area (Å²) in [7, 11) is 0. The zero-order chi connectivity index (χ0) is 13.0. The number of halogens is 1. The highest BCUT2D eigenvalue weighted by Crippen LogP contribution is 2.20. The molecule has 0 aliphatic carbocycles. The largest absolute Gasteiger partial charge is 0.306 e. The molecule has 0 aromatic heterocycles. The van der Waals surface area contributed by atoms with Gasteiger partial charge >= 0.3 is 0 Å². The van der Waals surface area contributed by atoms with Gasteiger partial charge in [-0.05, 0) is 31.2 Å². The molecule has 0 unspecified atom stereocenters. The third kappa shape index (κ3) is 2.40. The highest BCUT2D eigenvalue weighted by Gasteiger charge is 2.18. The zero-order valence-electron chi connectivity index (χ0n) is 10.1. The van der Waals surface area contributed by atoms with Crippen molar-refractivity contribution in [3.05, 3.63) is 66.0 Å². The number of rotatable bonds is 3. The molecule has 2 nitrogen and oxygen atoms in total. The van der Waals surface area contributed by atoms with Crippen LogP contribution in [0.5, 0.6) is 0 Å². The molecule has 0 saturated carbocycles. The van der Waals surface area contributed by atoms with E-state index >= 15 is 0 Å². The number of para-hydroxylation sites is 1. The first-order chi connectivity index (χ1) is 8.74. The van der Waals surface area contributed by atoms with Crippen LogP contribution in [-0.2, 0) is 0 Å². The van der Waals surface area contributed by atoms with Crippen molar-refractivity contribution in [3.8, 4) is 0 Å². The van der Waals surface area contributed by atoms with Crippen LogP contribution in [0.3, 0.4) is 0 Å².